The average molecular weight is 345 g/mol. The van der Waals surface area contributed by atoms with Crippen LogP contribution in [0.2, 0.25) is 0 Å². The minimum Gasteiger partial charge on any atom is -0.502 e. The highest BCUT2D eigenvalue weighted by Crippen LogP contribution is 2.38. The zero-order chi connectivity index (χ0) is 18.1. The Balaban J connectivity index is 2.18. The highest BCUT2D eigenvalue weighted by atomic mass is 16.6. The number of nitro groups is 1. The number of phenolic OH excluding ortho intramolecular Hbond substituents is 1. The van der Waals surface area contributed by atoms with Gasteiger partial charge in [-0.1, -0.05) is 6.07 Å². The fourth-order valence-electron chi connectivity index (χ4n) is 2.73. The molecule has 2 aromatic rings. The summed E-state index contributed by atoms with van der Waals surface area (Å²) in [5, 5.41) is 27.9. The number of phenols is 1. The molecule has 0 aliphatic carbocycles. The van der Waals surface area contributed by atoms with Crippen LogP contribution in [0, 0.1) is 10.1 Å². The summed E-state index contributed by atoms with van der Waals surface area (Å²) >= 11 is 0. The number of ether oxygens (including phenoxy) is 1. The van der Waals surface area contributed by atoms with Gasteiger partial charge in [-0.05, 0) is 25.5 Å². The van der Waals surface area contributed by atoms with Crippen molar-refractivity contribution in [2.24, 2.45) is 0 Å². The molecule has 0 bridgehead atoms. The summed E-state index contributed by atoms with van der Waals surface area (Å²) in [6.45, 7) is 3.56. The molecule has 1 atom stereocenters. The van der Waals surface area contributed by atoms with Crippen molar-refractivity contribution in [2.75, 3.05) is 11.9 Å². The largest absolute Gasteiger partial charge is 0.502 e. The minimum atomic E-state index is -0.767. The number of benzene rings is 1. The van der Waals surface area contributed by atoms with E-state index in [1.165, 1.54) is 29.2 Å². The number of aromatic hydroxyl groups is 1. The topological polar surface area (TPSA) is 132 Å². The Labute approximate surface area is 141 Å². The van der Waals surface area contributed by atoms with Crippen LogP contribution in [0.15, 0.2) is 35.8 Å². The zero-order valence-electron chi connectivity index (χ0n) is 13.5. The molecular weight excluding hydrogens is 330 g/mol. The summed E-state index contributed by atoms with van der Waals surface area (Å²) in [6.07, 6.45) is 1.31. The molecule has 0 saturated heterocycles. The van der Waals surface area contributed by atoms with Crippen LogP contribution in [-0.4, -0.2) is 37.4 Å². The molecule has 10 nitrogen and oxygen atoms in total. The molecule has 1 aromatic heterocycles. The SMILES string of the molecule is CCOC(=O)C1=C(C)Nc2ncnn2[C@H]1c1ccc(O)c([N+](=O)[O-])c1. The molecule has 0 amide bonds. The molecule has 25 heavy (non-hydrogen) atoms. The quantitative estimate of drug-likeness (QED) is 0.486. The third-order valence-corrected chi connectivity index (χ3v) is 3.80. The molecule has 10 heteroatoms. The monoisotopic (exact) mass is 345 g/mol. The van der Waals surface area contributed by atoms with Gasteiger partial charge in [-0.3, -0.25) is 10.1 Å². The predicted octanol–water partition coefficient (Wildman–Crippen LogP) is 1.74. The van der Waals surface area contributed by atoms with E-state index in [9.17, 15) is 20.0 Å². The van der Waals surface area contributed by atoms with E-state index in [-0.39, 0.29) is 12.2 Å². The van der Waals surface area contributed by atoms with Gasteiger partial charge in [-0.2, -0.15) is 10.1 Å². The maximum atomic E-state index is 12.4. The summed E-state index contributed by atoms with van der Waals surface area (Å²) < 4.78 is 6.55. The van der Waals surface area contributed by atoms with Crippen LogP contribution in [-0.2, 0) is 9.53 Å². The number of nitro benzene ring substituents is 1. The number of aromatic nitrogens is 3. The van der Waals surface area contributed by atoms with Gasteiger partial charge < -0.3 is 15.2 Å². The third kappa shape index (κ3) is 2.77. The fraction of sp³-hybridized carbons (Fsp3) is 0.267. The number of carbonyl (C=O) groups excluding carboxylic acids is 1. The number of hydrogen-bond donors (Lipinski definition) is 2. The second kappa shape index (κ2) is 6.23. The molecule has 2 heterocycles. The van der Waals surface area contributed by atoms with Gasteiger partial charge in [0.15, 0.2) is 5.75 Å². The minimum absolute atomic E-state index is 0.183. The first-order valence-electron chi connectivity index (χ1n) is 7.45. The Morgan fingerprint density at radius 1 is 1.52 bits per heavy atom. The van der Waals surface area contributed by atoms with Gasteiger partial charge in [0.2, 0.25) is 5.95 Å². The number of nitrogens with one attached hydrogen (secondary N) is 1. The Morgan fingerprint density at radius 2 is 2.28 bits per heavy atom. The van der Waals surface area contributed by atoms with Crippen LogP contribution in [0.4, 0.5) is 11.6 Å². The number of esters is 1. The number of fused-ring (bicyclic) bond motifs is 1. The molecule has 1 aromatic carbocycles. The lowest BCUT2D eigenvalue weighted by Gasteiger charge is -2.28. The van der Waals surface area contributed by atoms with Gasteiger partial charge in [-0.15, -0.1) is 0 Å². The standard InChI is InChI=1S/C15H15N5O5/c1-3-25-14(22)12-8(2)18-15-16-7-17-19(15)13(12)9-4-5-11(21)10(6-9)20(23)24/h4-7,13,21H,3H2,1-2H3,(H,16,17,18)/t13-/m0/s1. The van der Waals surface area contributed by atoms with Gasteiger partial charge >= 0.3 is 11.7 Å². The number of hydrogen-bond acceptors (Lipinski definition) is 8. The summed E-state index contributed by atoms with van der Waals surface area (Å²) in [5.41, 5.74) is 0.721. The molecule has 1 aliphatic heterocycles. The van der Waals surface area contributed by atoms with Gasteiger partial charge in [0.1, 0.15) is 12.4 Å². The molecule has 2 N–H and O–H groups in total. The van der Waals surface area contributed by atoms with Gasteiger partial charge in [0.05, 0.1) is 17.1 Å². The smallest absolute Gasteiger partial charge is 0.338 e. The van der Waals surface area contributed by atoms with Gasteiger partial charge in [0.25, 0.3) is 0 Å². The van der Waals surface area contributed by atoms with E-state index in [1.54, 1.807) is 13.8 Å². The van der Waals surface area contributed by atoms with Crippen molar-refractivity contribution in [1.82, 2.24) is 14.8 Å². The second-order valence-electron chi connectivity index (χ2n) is 5.32. The van der Waals surface area contributed by atoms with Crippen molar-refractivity contribution in [2.45, 2.75) is 19.9 Å². The zero-order valence-corrected chi connectivity index (χ0v) is 13.5. The van der Waals surface area contributed by atoms with Gasteiger partial charge in [-0.25, -0.2) is 9.48 Å². The highest BCUT2D eigenvalue weighted by Gasteiger charge is 2.35. The van der Waals surface area contributed by atoms with Gasteiger partial charge in [0, 0.05) is 11.8 Å². The molecule has 0 fully saturated rings. The molecule has 0 radical (unpaired) electrons. The maximum Gasteiger partial charge on any atom is 0.338 e. The lowest BCUT2D eigenvalue weighted by molar-refractivity contribution is -0.385. The van der Waals surface area contributed by atoms with Crippen molar-refractivity contribution in [3.63, 3.8) is 0 Å². The average Bonchev–Trinajstić information content (AvgIpc) is 3.01. The van der Waals surface area contributed by atoms with Crippen LogP contribution in [0.3, 0.4) is 0 Å². The maximum absolute atomic E-state index is 12.4. The molecule has 1 aliphatic rings. The Bertz CT molecular complexity index is 888. The second-order valence-corrected chi connectivity index (χ2v) is 5.32. The fourth-order valence-corrected chi connectivity index (χ4v) is 2.73. The van der Waals surface area contributed by atoms with Crippen LogP contribution in [0.25, 0.3) is 0 Å². The first-order valence-corrected chi connectivity index (χ1v) is 7.45. The Kier molecular flexibility index (Phi) is 4.09. The van der Waals surface area contributed by atoms with E-state index in [2.05, 4.69) is 15.4 Å². The molecule has 3 rings (SSSR count). The van der Waals surface area contributed by atoms with Crippen molar-refractivity contribution in [3.05, 3.63) is 51.5 Å². The van der Waals surface area contributed by atoms with Crippen LogP contribution in [0.1, 0.15) is 25.5 Å². The van der Waals surface area contributed by atoms with E-state index < -0.39 is 28.4 Å². The predicted molar refractivity (Wildman–Crippen MR) is 85.9 cm³/mol. The third-order valence-electron chi connectivity index (χ3n) is 3.80. The number of anilines is 1. The van der Waals surface area contributed by atoms with Crippen molar-refractivity contribution in [1.29, 1.82) is 0 Å². The Morgan fingerprint density at radius 3 is 2.96 bits per heavy atom. The molecule has 130 valence electrons. The first kappa shape index (κ1) is 16.4. The van der Waals surface area contributed by atoms with E-state index in [0.29, 0.717) is 17.2 Å². The lowest BCUT2D eigenvalue weighted by Crippen LogP contribution is -2.29. The number of allylic oxidation sites excluding steroid dienone is 1. The van der Waals surface area contributed by atoms with E-state index in [1.807, 2.05) is 0 Å². The molecular formula is C15H15N5O5. The number of carbonyl (C=O) groups is 1. The summed E-state index contributed by atoms with van der Waals surface area (Å²) in [7, 11) is 0. The first-order chi connectivity index (χ1) is 11.9. The van der Waals surface area contributed by atoms with Crippen LogP contribution >= 0.6 is 0 Å². The van der Waals surface area contributed by atoms with Crippen LogP contribution in [0.5, 0.6) is 5.75 Å². The van der Waals surface area contributed by atoms with Crippen LogP contribution < -0.4 is 5.32 Å². The summed E-state index contributed by atoms with van der Waals surface area (Å²) in [4.78, 5) is 27.0. The molecule has 0 spiro atoms. The van der Waals surface area contributed by atoms with Crippen molar-refractivity contribution < 1.29 is 19.6 Å². The normalized spacial score (nSPS) is 16.2. The lowest BCUT2D eigenvalue weighted by atomic mass is 9.95. The van der Waals surface area contributed by atoms with E-state index in [4.69, 9.17) is 4.74 Å². The van der Waals surface area contributed by atoms with E-state index >= 15 is 0 Å². The van der Waals surface area contributed by atoms with Crippen molar-refractivity contribution >= 4 is 17.6 Å². The molecule has 0 unspecified atom stereocenters. The Hall–Kier alpha value is -3.43. The van der Waals surface area contributed by atoms with Crippen molar-refractivity contribution in [3.8, 4) is 5.75 Å². The van der Waals surface area contributed by atoms with E-state index in [0.717, 1.165) is 0 Å². The highest BCUT2D eigenvalue weighted by molar-refractivity contribution is 5.92. The molecule has 0 saturated carbocycles. The number of rotatable bonds is 4. The number of nitrogens with zero attached hydrogens (tertiary/aromatic N) is 4. The summed E-state index contributed by atoms with van der Waals surface area (Å²) in [5.74, 6) is -0.625. The summed E-state index contributed by atoms with van der Waals surface area (Å²) in [6, 6.07) is 3.15.